The van der Waals surface area contributed by atoms with E-state index in [1.165, 1.54) is 57.8 Å². The first-order valence-electron chi connectivity index (χ1n) is 15.2. The van der Waals surface area contributed by atoms with Crippen molar-refractivity contribution < 1.29 is 24.9 Å². The average Bonchev–Trinajstić information content (AvgIpc) is 3.16. The summed E-state index contributed by atoms with van der Waals surface area (Å²) in [4.78, 5) is 19.6. The van der Waals surface area contributed by atoms with Gasteiger partial charge in [-0.2, -0.15) is 0 Å². The van der Waals surface area contributed by atoms with Crippen molar-refractivity contribution in [1.29, 1.82) is 0 Å². The molecule has 1 unspecified atom stereocenters. The van der Waals surface area contributed by atoms with Crippen molar-refractivity contribution in [1.82, 2.24) is 0 Å². The van der Waals surface area contributed by atoms with Gasteiger partial charge in [0.25, 0.3) is 0 Å². The number of aliphatic hydroxyl groups is 1. The predicted octanol–water partition coefficient (Wildman–Crippen LogP) is 7.71. The van der Waals surface area contributed by atoms with Gasteiger partial charge in [0.05, 0.1) is 6.10 Å². The summed E-state index contributed by atoms with van der Waals surface area (Å²) < 4.78 is 0. The van der Waals surface area contributed by atoms with Gasteiger partial charge in [0.1, 0.15) is 0 Å². The predicted molar refractivity (Wildman–Crippen MR) is 148 cm³/mol. The molecular weight excluding hydrogens is 464 g/mol. The highest BCUT2D eigenvalue weighted by Gasteiger charge is 2.59. The van der Waals surface area contributed by atoms with Crippen LogP contribution in [0.3, 0.4) is 0 Å². The van der Waals surface area contributed by atoms with E-state index in [9.17, 15) is 14.7 Å². The van der Waals surface area contributed by atoms with Gasteiger partial charge in [-0.3, -0.25) is 9.59 Å². The second-order valence-corrected chi connectivity index (χ2v) is 13.8. The lowest BCUT2D eigenvalue weighted by atomic mass is 9.47. The third-order valence-corrected chi connectivity index (χ3v) is 11.1. The van der Waals surface area contributed by atoms with Gasteiger partial charge < -0.3 is 15.3 Å². The number of carbonyl (C=O) groups is 2. The number of hydrogen-bond acceptors (Lipinski definition) is 3. The van der Waals surface area contributed by atoms with Gasteiger partial charge in [-0.15, -0.1) is 0 Å². The molecule has 0 spiro atoms. The Bertz CT molecular complexity index is 804. The third-order valence-electron chi connectivity index (χ3n) is 11.1. The number of aliphatic hydroxyl groups excluding tert-OH is 1. The first-order chi connectivity index (χ1) is 17.4. The first-order valence-corrected chi connectivity index (χ1v) is 15.2. The van der Waals surface area contributed by atoms with Crippen LogP contribution in [0.1, 0.15) is 125 Å². The largest absolute Gasteiger partial charge is 0.481 e. The van der Waals surface area contributed by atoms with E-state index in [2.05, 4.69) is 40.7 Å². The van der Waals surface area contributed by atoms with Crippen molar-refractivity contribution in [3.05, 3.63) is 11.6 Å². The number of hydrogen-bond donors (Lipinski definition) is 3. The first kappa shape index (κ1) is 30.2. The maximum absolute atomic E-state index is 10.2. The maximum Gasteiger partial charge on any atom is 0.303 e. The molecule has 5 heteroatoms. The zero-order chi connectivity index (χ0) is 27.4. The molecule has 3 N–H and O–H groups in total. The molecule has 4 rings (SSSR count). The fourth-order valence-electron chi connectivity index (χ4n) is 9.06. The summed E-state index contributed by atoms with van der Waals surface area (Å²) in [7, 11) is 0. The average molecular weight is 519 g/mol. The van der Waals surface area contributed by atoms with Gasteiger partial charge in [0.15, 0.2) is 0 Å². The Labute approximate surface area is 225 Å². The number of allylic oxidation sites excluding steroid dienone is 1. The fourth-order valence-corrected chi connectivity index (χ4v) is 9.06. The Kier molecular flexibility index (Phi) is 10.3. The topological polar surface area (TPSA) is 94.8 Å². The van der Waals surface area contributed by atoms with E-state index in [1.54, 1.807) is 5.57 Å². The molecule has 0 aliphatic heterocycles. The molecule has 3 saturated carbocycles. The van der Waals surface area contributed by atoms with Gasteiger partial charge in [-0.05, 0) is 104 Å². The van der Waals surface area contributed by atoms with Crippen LogP contribution < -0.4 is 0 Å². The Hall–Kier alpha value is -1.36. The zero-order valence-corrected chi connectivity index (χ0v) is 24.2. The number of rotatable bonds is 9. The number of fused-ring (bicyclic) bond motifs is 5. The molecule has 0 aromatic rings. The Morgan fingerprint density at radius 3 is 2.22 bits per heavy atom. The molecule has 0 amide bonds. The highest BCUT2D eigenvalue weighted by atomic mass is 16.4. The molecule has 0 heterocycles. The third kappa shape index (κ3) is 6.99. The minimum Gasteiger partial charge on any atom is -0.481 e. The van der Waals surface area contributed by atoms with E-state index >= 15 is 0 Å². The van der Waals surface area contributed by atoms with Crippen LogP contribution in [-0.2, 0) is 9.59 Å². The van der Waals surface area contributed by atoms with Gasteiger partial charge in [-0.1, -0.05) is 65.5 Å². The van der Waals surface area contributed by atoms with Crippen molar-refractivity contribution in [2.75, 3.05) is 0 Å². The van der Waals surface area contributed by atoms with E-state index in [1.807, 2.05) is 0 Å². The lowest BCUT2D eigenvalue weighted by Gasteiger charge is -2.58. The van der Waals surface area contributed by atoms with Gasteiger partial charge in [-0.25, -0.2) is 0 Å². The summed E-state index contributed by atoms with van der Waals surface area (Å²) in [5, 5.41) is 26.3. The van der Waals surface area contributed by atoms with Gasteiger partial charge in [0, 0.05) is 12.8 Å². The standard InChI is InChI=1S/C27H46O.C5H8O4/c1-18(2)7-6-8-19(3)23-11-12-24-22-10-9-20-17-21(28)13-15-26(20,4)25(22)14-16-27(23,24)5;6-4(7)2-1-3-5(8)9/h9,18-19,21-25,28H,6-8,10-17H2,1-5H3;1-3H2,(H,6,7)(H,8,9)/t19?,21-,22-,23+,24-,25-,26-,27+;/m0./s1. The van der Waals surface area contributed by atoms with Crippen molar-refractivity contribution in [3.8, 4) is 0 Å². The molecule has 0 bridgehead atoms. The summed E-state index contributed by atoms with van der Waals surface area (Å²) in [6.45, 7) is 12.6. The number of carboxylic acids is 2. The highest BCUT2D eigenvalue weighted by molar-refractivity contribution is 5.69. The van der Waals surface area contributed by atoms with Crippen molar-refractivity contribution >= 4 is 11.9 Å². The minimum atomic E-state index is -0.948. The molecule has 0 aromatic heterocycles. The molecule has 5 nitrogen and oxygen atoms in total. The van der Waals surface area contributed by atoms with Crippen LogP contribution in [-0.4, -0.2) is 33.4 Å². The van der Waals surface area contributed by atoms with Crippen molar-refractivity contribution in [2.24, 2.45) is 46.3 Å². The van der Waals surface area contributed by atoms with E-state index in [0.29, 0.717) is 10.8 Å². The second-order valence-electron chi connectivity index (χ2n) is 13.8. The molecule has 212 valence electrons. The van der Waals surface area contributed by atoms with E-state index in [0.717, 1.165) is 48.3 Å². The summed E-state index contributed by atoms with van der Waals surface area (Å²) in [6.07, 6.45) is 17.2. The minimum absolute atomic E-state index is 0.0632. The van der Waals surface area contributed by atoms with Gasteiger partial charge in [0.2, 0.25) is 0 Å². The van der Waals surface area contributed by atoms with Crippen molar-refractivity contribution in [2.45, 2.75) is 131 Å². The molecule has 4 aliphatic carbocycles. The van der Waals surface area contributed by atoms with E-state index < -0.39 is 11.9 Å². The van der Waals surface area contributed by atoms with E-state index in [-0.39, 0.29) is 25.4 Å². The molecule has 8 atom stereocenters. The smallest absolute Gasteiger partial charge is 0.303 e. The SMILES string of the molecule is CC(C)CCCC(C)[C@H]1CC[C@H]2[C@@H]3CC=C4C[C@@H](O)CC[C@]4(C)[C@H]3CC[C@]12C.O=C(O)CCCC(=O)O. The van der Waals surface area contributed by atoms with E-state index in [4.69, 9.17) is 10.2 Å². The summed E-state index contributed by atoms with van der Waals surface area (Å²) >= 11 is 0. The monoisotopic (exact) mass is 518 g/mol. The lowest BCUT2D eigenvalue weighted by Crippen LogP contribution is -2.50. The molecule has 3 fully saturated rings. The summed E-state index contributed by atoms with van der Waals surface area (Å²) in [5.41, 5.74) is 2.60. The van der Waals surface area contributed by atoms with Crippen LogP contribution in [0, 0.1) is 46.3 Å². The normalized spacial score (nSPS) is 37.4. The number of aliphatic carboxylic acids is 2. The quantitative estimate of drug-likeness (QED) is 0.272. The summed E-state index contributed by atoms with van der Waals surface area (Å²) in [6, 6.07) is 0. The van der Waals surface area contributed by atoms with Gasteiger partial charge >= 0.3 is 11.9 Å². The van der Waals surface area contributed by atoms with Crippen LogP contribution in [0.15, 0.2) is 11.6 Å². The van der Waals surface area contributed by atoms with Crippen LogP contribution in [0.4, 0.5) is 0 Å². The molecule has 0 aromatic carbocycles. The summed E-state index contributed by atoms with van der Waals surface area (Å²) in [5.74, 6) is 3.56. The molecule has 0 saturated heterocycles. The van der Waals surface area contributed by atoms with Crippen LogP contribution in [0.5, 0.6) is 0 Å². The fraction of sp³-hybridized carbons (Fsp3) is 0.875. The Morgan fingerprint density at radius 1 is 0.919 bits per heavy atom. The molecule has 4 aliphatic rings. The number of carboxylic acid groups (broad SMARTS) is 2. The zero-order valence-electron chi connectivity index (χ0n) is 24.2. The molecular formula is C32H54O5. The van der Waals surface area contributed by atoms with Crippen LogP contribution in [0.2, 0.25) is 0 Å². The van der Waals surface area contributed by atoms with Crippen LogP contribution in [0.25, 0.3) is 0 Å². The Morgan fingerprint density at radius 2 is 1.59 bits per heavy atom. The van der Waals surface area contributed by atoms with Crippen molar-refractivity contribution in [3.63, 3.8) is 0 Å². The molecule has 0 radical (unpaired) electrons. The second kappa shape index (κ2) is 12.7. The highest BCUT2D eigenvalue weighted by Crippen LogP contribution is 2.67. The van der Waals surface area contributed by atoms with Crippen LogP contribution >= 0.6 is 0 Å². The maximum atomic E-state index is 10.2. The molecule has 37 heavy (non-hydrogen) atoms. The lowest BCUT2D eigenvalue weighted by molar-refractivity contribution is -0.138. The Balaban J connectivity index is 0.000000364.